The Kier molecular flexibility index (Phi) is 7.02. The van der Waals surface area contributed by atoms with Gasteiger partial charge in [-0.1, -0.05) is 0 Å². The minimum Gasteiger partial charge on any atom is -0.547 e. The van der Waals surface area contributed by atoms with Gasteiger partial charge < -0.3 is 30.0 Å². The van der Waals surface area contributed by atoms with E-state index in [0.717, 1.165) is 0 Å². The summed E-state index contributed by atoms with van der Waals surface area (Å²) in [5.41, 5.74) is 0. The van der Waals surface area contributed by atoms with Crippen molar-refractivity contribution >= 4 is 12.1 Å². The van der Waals surface area contributed by atoms with Crippen molar-refractivity contribution in [2.45, 2.75) is 30.6 Å². The first kappa shape index (κ1) is 17.5. The number of rotatable bonds is 2. The summed E-state index contributed by atoms with van der Waals surface area (Å²) in [6.45, 7) is 0. The Morgan fingerprint density at radius 3 is 2.22 bits per heavy atom. The summed E-state index contributed by atoms with van der Waals surface area (Å²) in [6.07, 6.45) is -9.96. The van der Waals surface area contributed by atoms with E-state index in [0.29, 0.717) is 0 Å². The van der Waals surface area contributed by atoms with Crippen molar-refractivity contribution in [3.05, 3.63) is 0 Å². The third-order valence-corrected chi connectivity index (χ3v) is 2.24. The van der Waals surface area contributed by atoms with Crippen molar-refractivity contribution in [2.24, 2.45) is 0 Å². The zero-order valence-electron chi connectivity index (χ0n) is 9.48. The molecule has 98 valence electrons. The summed E-state index contributed by atoms with van der Waals surface area (Å²) >= 11 is 0. The van der Waals surface area contributed by atoms with Crippen LogP contribution in [-0.2, 0) is 14.4 Å². The molecule has 1 saturated heterocycles. The number of hydrogen-bond donors (Lipinski definition) is 5. The number of aliphatic carboxylic acids is 1. The zero-order chi connectivity index (χ0) is 13.2. The Balaban J connectivity index is 0.00000289. The number of hydrogen-bond acceptors (Lipinski definition) is 8. The van der Waals surface area contributed by atoms with Crippen LogP contribution < -0.4 is 45.9 Å². The van der Waals surface area contributed by atoms with Crippen LogP contribution in [0.5, 0.6) is 0 Å². The van der Waals surface area contributed by atoms with Crippen molar-refractivity contribution in [1.82, 2.24) is 5.32 Å². The maximum absolute atomic E-state index is 10.8. The molecule has 0 bridgehead atoms. The number of carbonyl (C=O) groups excluding carboxylic acids is 2. The molecule has 1 aliphatic heterocycles. The van der Waals surface area contributed by atoms with Gasteiger partial charge in [0.1, 0.15) is 24.4 Å². The van der Waals surface area contributed by atoms with Gasteiger partial charge in [-0.3, -0.25) is 10.2 Å². The Labute approximate surface area is 123 Å². The SMILES string of the molecule is [NH3+]OC(=O)N[C@@H]1O[C@H](C(=O)[O-])[C@@H](O)[C@H](O)[C@H]1O.[Na+]. The van der Waals surface area contributed by atoms with Crippen LogP contribution in [0, 0.1) is 0 Å². The van der Waals surface area contributed by atoms with Gasteiger partial charge in [0, 0.05) is 0 Å². The van der Waals surface area contributed by atoms with Crippen LogP contribution in [0.15, 0.2) is 0 Å². The number of carboxylic acid groups (broad SMARTS) is 1. The van der Waals surface area contributed by atoms with Gasteiger partial charge in [-0.05, 0) is 0 Å². The van der Waals surface area contributed by atoms with Gasteiger partial charge in [0.15, 0.2) is 6.23 Å². The quantitative estimate of drug-likeness (QED) is 0.243. The molecule has 11 heteroatoms. The van der Waals surface area contributed by atoms with Crippen molar-refractivity contribution in [3.63, 3.8) is 0 Å². The Bertz CT molecular complexity index is 316. The number of nitrogens with one attached hydrogen (secondary N) is 1. The summed E-state index contributed by atoms with van der Waals surface area (Å²) in [4.78, 5) is 25.3. The Morgan fingerprint density at radius 2 is 1.78 bits per heavy atom. The van der Waals surface area contributed by atoms with Crippen LogP contribution in [0.25, 0.3) is 0 Å². The van der Waals surface area contributed by atoms with E-state index in [4.69, 9.17) is 0 Å². The molecule has 1 aliphatic rings. The molecule has 0 radical (unpaired) electrons. The summed E-state index contributed by atoms with van der Waals surface area (Å²) in [6, 6.07) is 0. The largest absolute Gasteiger partial charge is 1.00 e. The third-order valence-electron chi connectivity index (χ3n) is 2.24. The average Bonchev–Trinajstić information content (AvgIpc) is 2.29. The third kappa shape index (κ3) is 3.76. The number of amides is 1. The second-order valence-corrected chi connectivity index (χ2v) is 3.34. The molecule has 0 unspecified atom stereocenters. The molecule has 1 fully saturated rings. The second kappa shape index (κ2) is 7.21. The first-order valence-electron chi connectivity index (χ1n) is 4.51. The van der Waals surface area contributed by atoms with Crippen molar-refractivity contribution in [2.75, 3.05) is 0 Å². The molecule has 5 atom stereocenters. The molecule has 0 aliphatic carbocycles. The van der Waals surface area contributed by atoms with Crippen LogP contribution in [-0.4, -0.2) is 58.0 Å². The summed E-state index contributed by atoms with van der Waals surface area (Å²) < 4.78 is 4.65. The van der Waals surface area contributed by atoms with Crippen LogP contribution in [0.3, 0.4) is 0 Å². The number of carbonyl (C=O) groups is 2. The first-order valence-corrected chi connectivity index (χ1v) is 4.51. The maximum Gasteiger partial charge on any atom is 1.00 e. The van der Waals surface area contributed by atoms with Crippen LogP contribution in [0.1, 0.15) is 0 Å². The molecule has 7 N–H and O–H groups in total. The van der Waals surface area contributed by atoms with Gasteiger partial charge in [0.05, 0.1) is 5.97 Å². The van der Waals surface area contributed by atoms with E-state index in [-0.39, 0.29) is 29.6 Å². The first-order chi connectivity index (χ1) is 7.88. The van der Waals surface area contributed by atoms with Crippen LogP contribution >= 0.6 is 0 Å². The van der Waals surface area contributed by atoms with Crippen molar-refractivity contribution in [1.29, 1.82) is 0 Å². The topological polar surface area (TPSA) is 176 Å². The van der Waals surface area contributed by atoms with E-state index in [1.165, 1.54) is 0 Å². The molecule has 0 saturated carbocycles. The van der Waals surface area contributed by atoms with E-state index in [1.54, 1.807) is 0 Å². The fourth-order valence-electron chi connectivity index (χ4n) is 1.35. The van der Waals surface area contributed by atoms with E-state index in [1.807, 2.05) is 5.32 Å². The molecule has 0 spiro atoms. The van der Waals surface area contributed by atoms with Gasteiger partial charge in [0.25, 0.3) is 0 Å². The molecule has 1 rings (SSSR count). The number of aliphatic hydroxyl groups is 3. The molecule has 0 aromatic rings. The molecule has 10 nitrogen and oxygen atoms in total. The van der Waals surface area contributed by atoms with E-state index < -0.39 is 42.7 Å². The normalized spacial score (nSPS) is 35.2. The smallest absolute Gasteiger partial charge is 0.547 e. The molecule has 1 heterocycles. The van der Waals surface area contributed by atoms with Gasteiger partial charge in [-0.15, -0.1) is 0 Å². The predicted molar refractivity (Wildman–Crippen MR) is 44.2 cm³/mol. The minimum absolute atomic E-state index is 0. The molecule has 0 aromatic heterocycles. The Hall–Kier alpha value is -0.460. The van der Waals surface area contributed by atoms with E-state index >= 15 is 0 Å². The minimum atomic E-state index is -1.89. The van der Waals surface area contributed by atoms with Gasteiger partial charge >= 0.3 is 35.7 Å². The number of aliphatic hydroxyl groups excluding tert-OH is 3. The van der Waals surface area contributed by atoms with Crippen LogP contribution in [0.2, 0.25) is 0 Å². The van der Waals surface area contributed by atoms with Crippen molar-refractivity contribution in [3.8, 4) is 0 Å². The molecular formula is C7H12N2NaO8+. The van der Waals surface area contributed by atoms with Gasteiger partial charge in [-0.25, -0.2) is 4.79 Å². The average molecular weight is 275 g/mol. The monoisotopic (exact) mass is 275 g/mol. The molecular weight excluding hydrogens is 263 g/mol. The van der Waals surface area contributed by atoms with Crippen LogP contribution in [0.4, 0.5) is 4.79 Å². The molecule has 1 amide bonds. The van der Waals surface area contributed by atoms with Crippen molar-refractivity contribution < 1.29 is 75.0 Å². The Morgan fingerprint density at radius 1 is 1.22 bits per heavy atom. The fourth-order valence-corrected chi connectivity index (χ4v) is 1.35. The van der Waals surface area contributed by atoms with Gasteiger partial charge in [0.2, 0.25) is 0 Å². The second-order valence-electron chi connectivity index (χ2n) is 3.34. The van der Waals surface area contributed by atoms with E-state index in [9.17, 15) is 30.0 Å². The fraction of sp³-hybridized carbons (Fsp3) is 0.714. The molecule has 0 aromatic carbocycles. The predicted octanol–water partition coefficient (Wildman–Crippen LogP) is -8.57. The number of quaternary nitrogens is 1. The molecule has 18 heavy (non-hydrogen) atoms. The van der Waals surface area contributed by atoms with Gasteiger partial charge in [-0.2, -0.15) is 5.90 Å². The standard InChI is InChI=1S/C7H12N2O8.Na/c8-17-7(15)9-5-3(12)1(10)2(11)4(16-5)6(13)14;/h1-5,10-12H,8H3,(H-,9,13,14,15);/q;+1/t1-,2-,3+,4-,5+;/m0./s1. The zero-order valence-corrected chi connectivity index (χ0v) is 11.5. The summed E-state index contributed by atoms with van der Waals surface area (Å²) in [7, 11) is 0. The van der Waals surface area contributed by atoms with E-state index in [2.05, 4.69) is 15.5 Å². The summed E-state index contributed by atoms with van der Waals surface area (Å²) in [5.74, 6) is 0.981. The maximum atomic E-state index is 10.8. The number of ether oxygens (including phenoxy) is 1. The summed E-state index contributed by atoms with van der Waals surface area (Å²) in [5, 5.41) is 40.5. The number of carboxylic acids is 1.